The molecule has 0 heterocycles. The summed E-state index contributed by atoms with van der Waals surface area (Å²) in [5, 5.41) is 2.87. The first-order valence-corrected chi connectivity index (χ1v) is 8.54. The molecule has 0 aliphatic carbocycles. The summed E-state index contributed by atoms with van der Waals surface area (Å²) in [6, 6.07) is 16.8. The molecule has 0 aromatic heterocycles. The van der Waals surface area contributed by atoms with Crippen LogP contribution in [0.1, 0.15) is 18.1 Å². The third-order valence-corrected chi connectivity index (χ3v) is 3.67. The third-order valence-electron chi connectivity index (χ3n) is 3.67. The minimum Gasteiger partial charge on any atom is -0.379 e. The quantitative estimate of drug-likeness (QED) is 0.651. The topological polar surface area (TPSA) is 73.6 Å². The number of nitrogens with one attached hydrogen (secondary N) is 1. The maximum Gasteiger partial charge on any atom is 0.241 e. The normalized spacial score (nSPS) is 11.9. The van der Waals surface area contributed by atoms with Crippen LogP contribution in [0.25, 0.3) is 0 Å². The number of carbonyl (C=O) groups excluding carboxylic acids is 1. The Hall–Kier alpha value is -2.21. The summed E-state index contributed by atoms with van der Waals surface area (Å²) in [5.74, 6) is -0.196. The van der Waals surface area contributed by atoms with Gasteiger partial charge < -0.3 is 20.5 Å². The smallest absolute Gasteiger partial charge is 0.241 e. The van der Waals surface area contributed by atoms with Crippen LogP contribution in [0, 0.1) is 0 Å². The maximum absolute atomic E-state index is 12.3. The van der Waals surface area contributed by atoms with Gasteiger partial charge >= 0.3 is 0 Å². The van der Waals surface area contributed by atoms with E-state index in [9.17, 15) is 4.79 Å². The van der Waals surface area contributed by atoms with E-state index < -0.39 is 6.04 Å². The summed E-state index contributed by atoms with van der Waals surface area (Å²) in [6.07, 6.45) is 0.507. The van der Waals surface area contributed by atoms with E-state index >= 15 is 0 Å². The molecule has 1 amide bonds. The Labute approximate surface area is 149 Å². The van der Waals surface area contributed by atoms with Crippen molar-refractivity contribution < 1.29 is 14.3 Å². The Balaban J connectivity index is 1.82. The molecule has 5 nitrogen and oxygen atoms in total. The van der Waals surface area contributed by atoms with Crippen LogP contribution in [0.5, 0.6) is 0 Å². The fraction of sp³-hybridized carbons (Fsp3) is 0.350. The second-order valence-corrected chi connectivity index (χ2v) is 5.74. The molecule has 0 bridgehead atoms. The van der Waals surface area contributed by atoms with Crippen molar-refractivity contribution in [2.45, 2.75) is 26.0 Å². The van der Waals surface area contributed by atoms with Crippen LogP contribution >= 0.6 is 0 Å². The highest BCUT2D eigenvalue weighted by atomic mass is 16.5. The number of benzene rings is 2. The number of nitrogens with two attached hydrogens (primary N) is 1. The van der Waals surface area contributed by atoms with Gasteiger partial charge in [-0.25, -0.2) is 0 Å². The first-order valence-electron chi connectivity index (χ1n) is 8.54. The second-order valence-electron chi connectivity index (χ2n) is 5.74. The van der Waals surface area contributed by atoms with Crippen molar-refractivity contribution in [1.82, 2.24) is 0 Å². The van der Waals surface area contributed by atoms with E-state index in [4.69, 9.17) is 15.2 Å². The molecule has 2 aromatic rings. The minimum absolute atomic E-state index is 0.196. The van der Waals surface area contributed by atoms with Crippen molar-refractivity contribution in [2.75, 3.05) is 25.1 Å². The molecule has 0 unspecified atom stereocenters. The molecule has 3 N–H and O–H groups in total. The zero-order valence-corrected chi connectivity index (χ0v) is 14.6. The van der Waals surface area contributed by atoms with Gasteiger partial charge in [-0.15, -0.1) is 0 Å². The van der Waals surface area contributed by atoms with Gasteiger partial charge in [0.05, 0.1) is 25.9 Å². The van der Waals surface area contributed by atoms with Crippen LogP contribution in [0.4, 0.5) is 5.69 Å². The summed E-state index contributed by atoms with van der Waals surface area (Å²) >= 11 is 0. The van der Waals surface area contributed by atoms with Gasteiger partial charge in [-0.3, -0.25) is 4.79 Å². The molecular weight excluding hydrogens is 316 g/mol. The lowest BCUT2D eigenvalue weighted by molar-refractivity contribution is -0.117. The Bertz CT molecular complexity index is 646. The number of hydrogen-bond donors (Lipinski definition) is 2. The van der Waals surface area contributed by atoms with Crippen LogP contribution in [0.15, 0.2) is 54.6 Å². The molecule has 134 valence electrons. The van der Waals surface area contributed by atoms with E-state index in [0.29, 0.717) is 32.8 Å². The SMILES string of the molecule is CCOCCOCc1cccc(NC(=O)[C@@H](N)Cc2ccccc2)c1. The predicted molar refractivity (Wildman–Crippen MR) is 99.3 cm³/mol. The van der Waals surface area contributed by atoms with Crippen molar-refractivity contribution in [1.29, 1.82) is 0 Å². The van der Waals surface area contributed by atoms with E-state index in [0.717, 1.165) is 16.8 Å². The van der Waals surface area contributed by atoms with Crippen molar-refractivity contribution in [2.24, 2.45) is 5.73 Å². The van der Waals surface area contributed by atoms with Gasteiger partial charge in [0.2, 0.25) is 5.91 Å². The first-order chi connectivity index (χ1) is 12.2. The van der Waals surface area contributed by atoms with Gasteiger partial charge in [0.15, 0.2) is 0 Å². The lowest BCUT2D eigenvalue weighted by Crippen LogP contribution is -2.37. The fourth-order valence-corrected chi connectivity index (χ4v) is 2.39. The summed E-state index contributed by atoms with van der Waals surface area (Å²) in [7, 11) is 0. The molecule has 25 heavy (non-hydrogen) atoms. The van der Waals surface area contributed by atoms with E-state index in [-0.39, 0.29) is 5.91 Å². The Kier molecular flexibility index (Phi) is 8.12. The van der Waals surface area contributed by atoms with Gasteiger partial charge in [-0.2, -0.15) is 0 Å². The molecular formula is C20H26N2O3. The third kappa shape index (κ3) is 7.05. The van der Waals surface area contributed by atoms with E-state index in [1.807, 2.05) is 61.5 Å². The van der Waals surface area contributed by atoms with Crippen LogP contribution < -0.4 is 11.1 Å². The molecule has 0 aliphatic heterocycles. The Morgan fingerprint density at radius 3 is 2.52 bits per heavy atom. The predicted octanol–water partition coefficient (Wildman–Crippen LogP) is 2.75. The standard InChI is InChI=1S/C20H26N2O3/c1-2-24-11-12-25-15-17-9-6-10-18(13-17)22-20(23)19(21)14-16-7-4-3-5-8-16/h3-10,13,19H,2,11-12,14-15,21H2,1H3,(H,22,23)/t19-/m0/s1. The van der Waals surface area contributed by atoms with Crippen molar-refractivity contribution in [3.05, 3.63) is 65.7 Å². The van der Waals surface area contributed by atoms with Crippen molar-refractivity contribution in [3.63, 3.8) is 0 Å². The molecule has 5 heteroatoms. The average Bonchev–Trinajstić information content (AvgIpc) is 2.62. The highest BCUT2D eigenvalue weighted by molar-refractivity contribution is 5.94. The molecule has 2 rings (SSSR count). The number of amides is 1. The second kappa shape index (κ2) is 10.6. The van der Waals surface area contributed by atoms with Crippen LogP contribution in [-0.2, 0) is 27.3 Å². The molecule has 0 saturated heterocycles. The molecule has 0 fully saturated rings. The van der Waals surface area contributed by atoms with Crippen LogP contribution in [-0.4, -0.2) is 31.8 Å². The number of hydrogen-bond acceptors (Lipinski definition) is 4. The van der Waals surface area contributed by atoms with Gasteiger partial charge in [0, 0.05) is 12.3 Å². The zero-order valence-electron chi connectivity index (χ0n) is 14.6. The lowest BCUT2D eigenvalue weighted by Gasteiger charge is -2.13. The van der Waals surface area contributed by atoms with E-state index in [1.54, 1.807) is 0 Å². The molecule has 1 atom stereocenters. The fourth-order valence-electron chi connectivity index (χ4n) is 2.39. The Morgan fingerprint density at radius 1 is 1.04 bits per heavy atom. The number of anilines is 1. The summed E-state index contributed by atoms with van der Waals surface area (Å²) < 4.78 is 10.8. The molecule has 0 spiro atoms. The summed E-state index contributed by atoms with van der Waals surface area (Å²) in [4.78, 5) is 12.3. The lowest BCUT2D eigenvalue weighted by atomic mass is 10.1. The van der Waals surface area contributed by atoms with Gasteiger partial charge in [0.1, 0.15) is 0 Å². The van der Waals surface area contributed by atoms with Crippen molar-refractivity contribution >= 4 is 11.6 Å². The highest BCUT2D eigenvalue weighted by Crippen LogP contribution is 2.12. The number of ether oxygens (including phenoxy) is 2. The summed E-state index contributed by atoms with van der Waals surface area (Å²) in [5.41, 5.74) is 8.77. The highest BCUT2D eigenvalue weighted by Gasteiger charge is 2.14. The van der Waals surface area contributed by atoms with E-state index in [2.05, 4.69) is 5.32 Å². The molecule has 0 aliphatic rings. The molecule has 2 aromatic carbocycles. The molecule has 0 radical (unpaired) electrons. The van der Waals surface area contributed by atoms with Gasteiger partial charge in [-0.1, -0.05) is 42.5 Å². The first kappa shape index (κ1) is 19.1. The van der Waals surface area contributed by atoms with Gasteiger partial charge in [-0.05, 0) is 36.6 Å². The monoisotopic (exact) mass is 342 g/mol. The number of rotatable bonds is 10. The average molecular weight is 342 g/mol. The zero-order chi connectivity index (χ0) is 17.9. The Morgan fingerprint density at radius 2 is 1.76 bits per heavy atom. The maximum atomic E-state index is 12.3. The largest absolute Gasteiger partial charge is 0.379 e. The summed E-state index contributed by atoms with van der Waals surface area (Å²) in [6.45, 7) is 4.25. The van der Waals surface area contributed by atoms with E-state index in [1.165, 1.54) is 0 Å². The minimum atomic E-state index is -0.589. The number of carbonyl (C=O) groups is 1. The van der Waals surface area contributed by atoms with Crippen LogP contribution in [0.2, 0.25) is 0 Å². The van der Waals surface area contributed by atoms with Crippen LogP contribution in [0.3, 0.4) is 0 Å². The van der Waals surface area contributed by atoms with Gasteiger partial charge in [0.25, 0.3) is 0 Å². The van der Waals surface area contributed by atoms with Crippen molar-refractivity contribution in [3.8, 4) is 0 Å². The molecule has 0 saturated carbocycles.